The lowest BCUT2D eigenvalue weighted by Gasteiger charge is -2.08. The van der Waals surface area contributed by atoms with Gasteiger partial charge in [0.05, 0.1) is 11.7 Å². The van der Waals surface area contributed by atoms with Crippen molar-refractivity contribution >= 4 is 24.2 Å². The molecule has 0 fully saturated rings. The molecule has 5 nitrogen and oxygen atoms in total. The van der Waals surface area contributed by atoms with Gasteiger partial charge < -0.3 is 15.8 Å². The second-order valence-corrected chi connectivity index (χ2v) is 3.24. The molecule has 0 aliphatic rings. The van der Waals surface area contributed by atoms with Crippen molar-refractivity contribution in [2.45, 2.75) is 12.5 Å². The van der Waals surface area contributed by atoms with Crippen LogP contribution >= 0.6 is 0 Å². The predicted molar refractivity (Wildman–Crippen MR) is 59.1 cm³/mol. The summed E-state index contributed by atoms with van der Waals surface area (Å²) in [5.41, 5.74) is 6.13. The van der Waals surface area contributed by atoms with Gasteiger partial charge in [0.1, 0.15) is 6.29 Å². The van der Waals surface area contributed by atoms with Crippen molar-refractivity contribution in [3.63, 3.8) is 0 Å². The number of hydrogen-bond acceptors (Lipinski definition) is 4. The summed E-state index contributed by atoms with van der Waals surface area (Å²) in [5.74, 6) is -0.274. The van der Waals surface area contributed by atoms with Gasteiger partial charge in [0, 0.05) is 12.0 Å². The van der Waals surface area contributed by atoms with Crippen LogP contribution < -0.4 is 11.1 Å². The second kappa shape index (κ2) is 5.77. The summed E-state index contributed by atoms with van der Waals surface area (Å²) in [4.78, 5) is 32.4. The van der Waals surface area contributed by atoms with Crippen LogP contribution in [0.4, 0.5) is 5.69 Å². The first-order valence-electron chi connectivity index (χ1n) is 4.72. The van der Waals surface area contributed by atoms with Gasteiger partial charge in [-0.1, -0.05) is 12.1 Å². The molecule has 0 aliphatic carbocycles. The Labute approximate surface area is 92.6 Å². The zero-order valence-electron chi connectivity index (χ0n) is 8.55. The number of carbonyl (C=O) groups excluding carboxylic acids is 3. The molecule has 0 bridgehead atoms. The van der Waals surface area contributed by atoms with E-state index in [-0.39, 0.29) is 12.2 Å². The molecule has 1 rings (SSSR count). The zero-order valence-corrected chi connectivity index (χ0v) is 8.55. The quantitative estimate of drug-likeness (QED) is 0.535. The number of aldehydes is 1. The number of amides is 1. The summed E-state index contributed by atoms with van der Waals surface area (Å²) in [7, 11) is 0. The number of nitrogens with two attached hydrogens (primary N) is 1. The molecular formula is C11H12N2O3. The summed E-state index contributed by atoms with van der Waals surface area (Å²) in [6.07, 6.45) is 0.945. The van der Waals surface area contributed by atoms with Crippen molar-refractivity contribution in [3.05, 3.63) is 29.8 Å². The first-order valence-corrected chi connectivity index (χ1v) is 4.72. The molecular weight excluding hydrogens is 208 g/mol. The van der Waals surface area contributed by atoms with E-state index in [0.717, 1.165) is 0 Å². The highest BCUT2D eigenvalue weighted by Crippen LogP contribution is 2.16. The molecule has 0 spiro atoms. The van der Waals surface area contributed by atoms with Crippen LogP contribution in [-0.4, -0.2) is 24.5 Å². The number of ketones is 1. The topological polar surface area (TPSA) is 89.3 Å². The fourth-order valence-corrected chi connectivity index (χ4v) is 1.29. The summed E-state index contributed by atoms with van der Waals surface area (Å²) in [5, 5.41) is 2.42. The van der Waals surface area contributed by atoms with Crippen molar-refractivity contribution in [3.8, 4) is 0 Å². The van der Waals surface area contributed by atoms with Crippen LogP contribution in [0.3, 0.4) is 0 Å². The Hall–Kier alpha value is -2.01. The third-order valence-corrected chi connectivity index (χ3v) is 2.04. The number of carbonyl (C=O) groups is 3. The molecule has 0 saturated carbocycles. The summed E-state index contributed by atoms with van der Waals surface area (Å²) in [6, 6.07) is 5.74. The summed E-state index contributed by atoms with van der Waals surface area (Å²) < 4.78 is 0. The first kappa shape index (κ1) is 12.1. The van der Waals surface area contributed by atoms with E-state index >= 15 is 0 Å². The molecule has 1 aromatic rings. The van der Waals surface area contributed by atoms with E-state index in [1.165, 1.54) is 0 Å². The van der Waals surface area contributed by atoms with Gasteiger partial charge in [-0.25, -0.2) is 0 Å². The molecule has 5 heteroatoms. The summed E-state index contributed by atoms with van der Waals surface area (Å²) >= 11 is 0. The molecule has 0 saturated heterocycles. The molecule has 84 valence electrons. The van der Waals surface area contributed by atoms with Crippen LogP contribution in [0.5, 0.6) is 0 Å². The van der Waals surface area contributed by atoms with Crippen LogP contribution in [0, 0.1) is 0 Å². The molecule has 1 atom stereocenters. The SMILES string of the molecule is N[C@H](C=O)CC(=O)c1ccccc1NC=O. The van der Waals surface area contributed by atoms with Gasteiger partial charge >= 0.3 is 0 Å². The Morgan fingerprint density at radius 3 is 2.69 bits per heavy atom. The molecule has 1 aromatic carbocycles. The smallest absolute Gasteiger partial charge is 0.211 e. The Morgan fingerprint density at radius 2 is 2.06 bits per heavy atom. The lowest BCUT2D eigenvalue weighted by atomic mass is 10.0. The molecule has 0 unspecified atom stereocenters. The van der Waals surface area contributed by atoms with E-state index in [9.17, 15) is 14.4 Å². The minimum Gasteiger partial charge on any atom is -0.328 e. The minimum atomic E-state index is -0.809. The number of hydrogen-bond donors (Lipinski definition) is 2. The van der Waals surface area contributed by atoms with E-state index in [4.69, 9.17) is 5.73 Å². The van der Waals surface area contributed by atoms with Crippen LogP contribution in [0.2, 0.25) is 0 Å². The van der Waals surface area contributed by atoms with Crippen LogP contribution in [-0.2, 0) is 9.59 Å². The van der Waals surface area contributed by atoms with Crippen molar-refractivity contribution in [1.82, 2.24) is 0 Å². The zero-order chi connectivity index (χ0) is 12.0. The fourth-order valence-electron chi connectivity index (χ4n) is 1.29. The number of benzene rings is 1. The second-order valence-electron chi connectivity index (χ2n) is 3.24. The lowest BCUT2D eigenvalue weighted by Crippen LogP contribution is -2.25. The van der Waals surface area contributed by atoms with E-state index in [1.54, 1.807) is 24.3 Å². The normalized spacial score (nSPS) is 11.6. The molecule has 1 amide bonds. The highest BCUT2D eigenvalue weighted by molar-refractivity contribution is 6.03. The molecule has 0 aromatic heterocycles. The summed E-state index contributed by atoms with van der Waals surface area (Å²) in [6.45, 7) is 0. The number of Topliss-reactive ketones (excluding diaryl/α,β-unsaturated/α-hetero) is 1. The van der Waals surface area contributed by atoms with Gasteiger partial charge in [0.25, 0.3) is 0 Å². The van der Waals surface area contributed by atoms with E-state index in [2.05, 4.69) is 5.32 Å². The number of anilines is 1. The number of para-hydroxylation sites is 1. The molecule has 0 aliphatic heterocycles. The fraction of sp³-hybridized carbons (Fsp3) is 0.182. The maximum atomic E-state index is 11.7. The maximum Gasteiger partial charge on any atom is 0.211 e. The van der Waals surface area contributed by atoms with Crippen molar-refractivity contribution in [2.24, 2.45) is 5.73 Å². The minimum absolute atomic E-state index is 0.0684. The number of rotatable bonds is 6. The Balaban J connectivity index is 2.89. The first-order chi connectivity index (χ1) is 7.69. The highest BCUT2D eigenvalue weighted by Gasteiger charge is 2.13. The van der Waals surface area contributed by atoms with E-state index in [0.29, 0.717) is 23.9 Å². The molecule has 16 heavy (non-hydrogen) atoms. The van der Waals surface area contributed by atoms with Gasteiger partial charge in [0.15, 0.2) is 5.78 Å². The van der Waals surface area contributed by atoms with E-state index in [1.807, 2.05) is 0 Å². The average molecular weight is 220 g/mol. The van der Waals surface area contributed by atoms with Crippen molar-refractivity contribution in [2.75, 3.05) is 5.32 Å². The van der Waals surface area contributed by atoms with Crippen molar-refractivity contribution in [1.29, 1.82) is 0 Å². The Kier molecular flexibility index (Phi) is 4.35. The standard InChI is InChI=1S/C11H12N2O3/c12-8(6-14)5-11(16)9-3-1-2-4-10(9)13-7-15/h1-4,6-8H,5,12H2,(H,13,15)/t8-/m0/s1. The number of nitrogens with one attached hydrogen (secondary N) is 1. The monoisotopic (exact) mass is 220 g/mol. The van der Waals surface area contributed by atoms with Crippen LogP contribution in [0.25, 0.3) is 0 Å². The van der Waals surface area contributed by atoms with Gasteiger partial charge in [0.2, 0.25) is 6.41 Å². The van der Waals surface area contributed by atoms with Gasteiger partial charge in [-0.15, -0.1) is 0 Å². The molecule has 0 radical (unpaired) electrons. The van der Waals surface area contributed by atoms with Crippen molar-refractivity contribution < 1.29 is 14.4 Å². The third-order valence-electron chi connectivity index (χ3n) is 2.04. The molecule has 0 heterocycles. The predicted octanol–water partition coefficient (Wildman–Crippen LogP) is 0.354. The third kappa shape index (κ3) is 2.99. The largest absolute Gasteiger partial charge is 0.328 e. The Bertz CT molecular complexity index is 404. The average Bonchev–Trinajstić information content (AvgIpc) is 2.30. The maximum absolute atomic E-state index is 11.7. The highest BCUT2D eigenvalue weighted by atomic mass is 16.1. The Morgan fingerprint density at radius 1 is 1.38 bits per heavy atom. The molecule has 3 N–H and O–H groups in total. The lowest BCUT2D eigenvalue weighted by molar-refractivity contribution is -0.109. The van der Waals surface area contributed by atoms with E-state index < -0.39 is 6.04 Å². The van der Waals surface area contributed by atoms with Gasteiger partial charge in [-0.2, -0.15) is 0 Å². The van der Waals surface area contributed by atoms with Crippen LogP contribution in [0.1, 0.15) is 16.8 Å². The van der Waals surface area contributed by atoms with Crippen LogP contribution in [0.15, 0.2) is 24.3 Å². The van der Waals surface area contributed by atoms with Gasteiger partial charge in [-0.3, -0.25) is 9.59 Å². The van der Waals surface area contributed by atoms with Gasteiger partial charge in [-0.05, 0) is 12.1 Å².